The summed E-state index contributed by atoms with van der Waals surface area (Å²) in [6.07, 6.45) is 1.72. The van der Waals surface area contributed by atoms with Gasteiger partial charge in [-0.15, -0.1) is 11.3 Å². The summed E-state index contributed by atoms with van der Waals surface area (Å²) in [6, 6.07) is 7.54. The lowest BCUT2D eigenvalue weighted by molar-refractivity contribution is 0.294. The molecule has 2 nitrogen and oxygen atoms in total. The maximum absolute atomic E-state index is 5.43. The molecule has 0 unspecified atom stereocenters. The minimum atomic E-state index is 0.566. The van der Waals surface area contributed by atoms with Crippen LogP contribution in [0.1, 0.15) is 5.56 Å². The minimum Gasteiger partial charge on any atom is -0.473 e. The van der Waals surface area contributed by atoms with Crippen LogP contribution in [0.15, 0.2) is 35.8 Å². The maximum Gasteiger partial charge on any atom is 0.213 e. The number of ether oxygens (including phenoxy) is 1. The highest BCUT2D eigenvalue weighted by Gasteiger charge is 1.95. The summed E-state index contributed by atoms with van der Waals surface area (Å²) in [5.41, 5.74) is 1.13. The molecule has 0 N–H and O–H groups in total. The standard InChI is InChI=1S/C10H8NOS/c1-2-5-11-10(3-1)12-7-9-4-6-13-8-9/h1-5,8H,7H2. The van der Waals surface area contributed by atoms with Gasteiger partial charge in [0, 0.05) is 23.2 Å². The number of hydrogen-bond donors (Lipinski definition) is 0. The molecular weight excluding hydrogens is 182 g/mol. The Morgan fingerprint density at radius 1 is 1.46 bits per heavy atom. The van der Waals surface area contributed by atoms with Crippen molar-refractivity contribution in [2.45, 2.75) is 6.61 Å². The Hall–Kier alpha value is -1.35. The average molecular weight is 190 g/mol. The second-order valence-corrected chi connectivity index (χ2v) is 3.24. The Kier molecular flexibility index (Phi) is 2.57. The highest BCUT2D eigenvalue weighted by molar-refractivity contribution is 7.07. The van der Waals surface area contributed by atoms with E-state index in [0.717, 1.165) is 5.56 Å². The zero-order chi connectivity index (χ0) is 8.93. The molecule has 2 heterocycles. The molecule has 0 aliphatic heterocycles. The third kappa shape index (κ3) is 2.29. The Labute approximate surface area is 80.8 Å². The normalized spacial score (nSPS) is 9.85. The highest BCUT2D eigenvalue weighted by atomic mass is 32.1. The van der Waals surface area contributed by atoms with E-state index in [4.69, 9.17) is 4.74 Å². The monoisotopic (exact) mass is 190 g/mol. The summed E-state index contributed by atoms with van der Waals surface area (Å²) in [4.78, 5) is 4.05. The predicted molar refractivity (Wildman–Crippen MR) is 51.7 cm³/mol. The van der Waals surface area contributed by atoms with Gasteiger partial charge in [0.2, 0.25) is 5.88 Å². The predicted octanol–water partition coefficient (Wildman–Crippen LogP) is 2.52. The van der Waals surface area contributed by atoms with Gasteiger partial charge in [-0.25, -0.2) is 4.98 Å². The van der Waals surface area contributed by atoms with Crippen LogP contribution in [0.3, 0.4) is 0 Å². The first-order valence-electron chi connectivity index (χ1n) is 3.92. The van der Waals surface area contributed by atoms with E-state index in [0.29, 0.717) is 12.5 Å². The van der Waals surface area contributed by atoms with Crippen molar-refractivity contribution in [2.75, 3.05) is 0 Å². The van der Waals surface area contributed by atoms with Crippen LogP contribution in [0, 0.1) is 5.38 Å². The summed E-state index contributed by atoms with van der Waals surface area (Å²) >= 11 is 1.55. The highest BCUT2D eigenvalue weighted by Crippen LogP contribution is 2.10. The molecule has 0 aliphatic carbocycles. The molecule has 2 aromatic rings. The molecule has 2 rings (SSSR count). The fourth-order valence-electron chi connectivity index (χ4n) is 0.919. The van der Waals surface area contributed by atoms with Crippen LogP contribution in [0.2, 0.25) is 0 Å². The Bertz CT molecular complexity index is 344. The van der Waals surface area contributed by atoms with Crippen molar-refractivity contribution in [3.8, 4) is 5.88 Å². The first kappa shape index (κ1) is 8.26. The number of hydrogen-bond acceptors (Lipinski definition) is 3. The number of thiophene rings is 1. The van der Waals surface area contributed by atoms with Crippen molar-refractivity contribution in [1.82, 2.24) is 4.98 Å². The van der Waals surface area contributed by atoms with E-state index in [1.807, 2.05) is 29.6 Å². The van der Waals surface area contributed by atoms with E-state index >= 15 is 0 Å². The van der Waals surface area contributed by atoms with Crippen molar-refractivity contribution >= 4 is 11.3 Å². The van der Waals surface area contributed by atoms with Gasteiger partial charge >= 0.3 is 0 Å². The van der Waals surface area contributed by atoms with Gasteiger partial charge in [0.15, 0.2) is 0 Å². The van der Waals surface area contributed by atoms with Crippen molar-refractivity contribution in [3.63, 3.8) is 0 Å². The van der Waals surface area contributed by atoms with Crippen LogP contribution < -0.4 is 4.74 Å². The molecule has 1 radical (unpaired) electrons. The Morgan fingerprint density at radius 2 is 2.46 bits per heavy atom. The maximum atomic E-state index is 5.43. The summed E-state index contributed by atoms with van der Waals surface area (Å²) in [5.74, 6) is 0.661. The van der Waals surface area contributed by atoms with Crippen molar-refractivity contribution in [1.29, 1.82) is 0 Å². The molecule has 0 saturated heterocycles. The Balaban J connectivity index is 1.94. The SMILES string of the molecule is [c]1cc(COc2ccccn2)cs1. The zero-order valence-corrected chi connectivity index (χ0v) is 7.75. The van der Waals surface area contributed by atoms with Gasteiger partial charge in [-0.2, -0.15) is 0 Å². The van der Waals surface area contributed by atoms with Gasteiger partial charge in [0.1, 0.15) is 6.61 Å². The molecule has 0 spiro atoms. The van der Waals surface area contributed by atoms with E-state index in [1.54, 1.807) is 17.5 Å². The first-order valence-corrected chi connectivity index (χ1v) is 4.80. The third-order valence-electron chi connectivity index (χ3n) is 1.55. The molecule has 0 amide bonds. The largest absolute Gasteiger partial charge is 0.473 e. The topological polar surface area (TPSA) is 22.1 Å². The zero-order valence-electron chi connectivity index (χ0n) is 6.93. The summed E-state index contributed by atoms with van der Waals surface area (Å²) in [5, 5.41) is 5.02. The molecule has 2 aromatic heterocycles. The fourth-order valence-corrected chi connectivity index (χ4v) is 1.49. The van der Waals surface area contributed by atoms with Crippen molar-refractivity contribution in [2.24, 2.45) is 0 Å². The molecule has 13 heavy (non-hydrogen) atoms. The number of aromatic nitrogens is 1. The summed E-state index contributed by atoms with van der Waals surface area (Å²) < 4.78 is 5.43. The van der Waals surface area contributed by atoms with E-state index in [1.165, 1.54) is 0 Å². The second-order valence-electron chi connectivity index (χ2n) is 2.53. The van der Waals surface area contributed by atoms with Crippen molar-refractivity contribution < 1.29 is 4.74 Å². The molecule has 0 fully saturated rings. The van der Waals surface area contributed by atoms with Crippen LogP contribution in [0.5, 0.6) is 5.88 Å². The Morgan fingerprint density at radius 3 is 3.15 bits per heavy atom. The van der Waals surface area contributed by atoms with Crippen LogP contribution in [-0.4, -0.2) is 4.98 Å². The minimum absolute atomic E-state index is 0.566. The lowest BCUT2D eigenvalue weighted by Gasteiger charge is -2.01. The van der Waals surface area contributed by atoms with Gasteiger partial charge < -0.3 is 4.74 Å². The van der Waals surface area contributed by atoms with Crippen LogP contribution in [0.25, 0.3) is 0 Å². The quantitative estimate of drug-likeness (QED) is 0.742. The second kappa shape index (κ2) is 4.05. The molecule has 0 aliphatic rings. The van der Waals surface area contributed by atoms with E-state index in [-0.39, 0.29) is 0 Å². The molecule has 0 aromatic carbocycles. The summed E-state index contributed by atoms with van der Waals surface area (Å²) in [6.45, 7) is 0.566. The van der Waals surface area contributed by atoms with Gasteiger partial charge in [-0.3, -0.25) is 0 Å². The van der Waals surface area contributed by atoms with Crippen LogP contribution in [-0.2, 0) is 6.61 Å². The molecule has 3 heteroatoms. The third-order valence-corrected chi connectivity index (χ3v) is 2.22. The lowest BCUT2D eigenvalue weighted by Crippen LogP contribution is -1.94. The lowest BCUT2D eigenvalue weighted by atomic mass is 10.4. The van der Waals surface area contributed by atoms with Gasteiger partial charge in [-0.1, -0.05) is 6.07 Å². The molecule has 0 atom stereocenters. The average Bonchev–Trinajstić information content (AvgIpc) is 2.69. The smallest absolute Gasteiger partial charge is 0.213 e. The van der Waals surface area contributed by atoms with E-state index in [9.17, 15) is 0 Å². The fraction of sp³-hybridized carbons (Fsp3) is 0.100. The molecule has 0 saturated carbocycles. The van der Waals surface area contributed by atoms with E-state index in [2.05, 4.69) is 10.4 Å². The number of nitrogens with zero attached hydrogens (tertiary/aromatic N) is 1. The summed E-state index contributed by atoms with van der Waals surface area (Å²) in [7, 11) is 0. The molecule has 0 bridgehead atoms. The van der Waals surface area contributed by atoms with Crippen LogP contribution in [0.4, 0.5) is 0 Å². The van der Waals surface area contributed by atoms with Crippen LogP contribution >= 0.6 is 11.3 Å². The molecular formula is C10H8NOS. The van der Waals surface area contributed by atoms with Gasteiger partial charge in [-0.05, 0) is 17.5 Å². The molecule has 65 valence electrons. The van der Waals surface area contributed by atoms with Gasteiger partial charge in [0.25, 0.3) is 0 Å². The van der Waals surface area contributed by atoms with E-state index < -0.39 is 0 Å². The van der Waals surface area contributed by atoms with Gasteiger partial charge in [0.05, 0.1) is 0 Å². The number of pyridine rings is 1. The number of rotatable bonds is 3. The first-order chi connectivity index (χ1) is 6.45. The van der Waals surface area contributed by atoms with Crippen molar-refractivity contribution in [3.05, 3.63) is 46.8 Å².